The van der Waals surface area contributed by atoms with Crippen LogP contribution in [0.2, 0.25) is 0 Å². The first-order chi connectivity index (χ1) is 20.0. The topological polar surface area (TPSA) is 218 Å². The Morgan fingerprint density at radius 1 is 0.833 bits per heavy atom. The average Bonchev–Trinajstić information content (AvgIpc) is 2.98. The van der Waals surface area contributed by atoms with E-state index in [0.717, 1.165) is 0 Å². The Labute approximate surface area is 238 Å². The molecule has 10 unspecified atom stereocenters. The number of phenolic OH excluding ortho intramolecular Hbond substituents is 1. The van der Waals surface area contributed by atoms with Gasteiger partial charge in [-0.15, -0.1) is 0 Å². The van der Waals surface area contributed by atoms with Gasteiger partial charge in [0.2, 0.25) is 6.29 Å². The number of aliphatic hydroxyl groups excluding tert-OH is 6. The Morgan fingerprint density at radius 3 is 2.21 bits per heavy atom. The molecule has 2 aliphatic heterocycles. The molecule has 14 heteroatoms. The number of hydrogen-bond donors (Lipinski definition) is 7. The second-order valence-electron chi connectivity index (χ2n) is 10.1. The number of rotatable bonds is 7. The summed E-state index contributed by atoms with van der Waals surface area (Å²) in [4.78, 5) is 12.7. The molecule has 0 spiro atoms. The maximum atomic E-state index is 12.7. The van der Waals surface area contributed by atoms with E-state index >= 15 is 0 Å². The highest BCUT2D eigenvalue weighted by molar-refractivity contribution is 5.86. The molecule has 228 valence electrons. The Bertz CT molecular complexity index is 1440. The molecule has 5 rings (SSSR count). The SMILES string of the molecule is COc1cc(O)c2c(=O)cc(-c3ccc(OC4OC(CO)C(O)C(O)C4OC4OC(C)C(O)C(O)C4O)cc3)oc2c1. The Morgan fingerprint density at radius 2 is 1.55 bits per heavy atom. The number of hydrogen-bond acceptors (Lipinski definition) is 14. The molecule has 0 radical (unpaired) electrons. The third kappa shape index (κ3) is 5.68. The summed E-state index contributed by atoms with van der Waals surface area (Å²) in [6, 6.07) is 10.2. The fraction of sp³-hybridized carbons (Fsp3) is 0.464. The third-order valence-electron chi connectivity index (χ3n) is 7.33. The Hall–Kier alpha value is -3.31. The number of ether oxygens (including phenoxy) is 5. The van der Waals surface area contributed by atoms with E-state index in [-0.39, 0.29) is 28.2 Å². The zero-order valence-electron chi connectivity index (χ0n) is 22.5. The summed E-state index contributed by atoms with van der Waals surface area (Å²) in [5.74, 6) is 0.401. The summed E-state index contributed by atoms with van der Waals surface area (Å²) >= 11 is 0. The lowest BCUT2D eigenvalue weighted by molar-refractivity contribution is -0.354. The van der Waals surface area contributed by atoms with Gasteiger partial charge in [-0.3, -0.25) is 4.79 Å². The maximum Gasteiger partial charge on any atom is 0.229 e. The van der Waals surface area contributed by atoms with Crippen LogP contribution in [0.1, 0.15) is 6.92 Å². The monoisotopic (exact) mass is 592 g/mol. The van der Waals surface area contributed by atoms with Crippen molar-refractivity contribution in [2.75, 3.05) is 13.7 Å². The smallest absolute Gasteiger partial charge is 0.229 e. The molecule has 2 aliphatic rings. The van der Waals surface area contributed by atoms with Crippen molar-refractivity contribution in [3.63, 3.8) is 0 Å². The van der Waals surface area contributed by atoms with Gasteiger partial charge in [-0.2, -0.15) is 0 Å². The lowest BCUT2D eigenvalue weighted by atomic mass is 9.97. The van der Waals surface area contributed by atoms with E-state index < -0.39 is 73.4 Å². The van der Waals surface area contributed by atoms with Crippen LogP contribution in [0, 0.1) is 0 Å². The van der Waals surface area contributed by atoms with Crippen molar-refractivity contribution in [3.05, 3.63) is 52.7 Å². The summed E-state index contributed by atoms with van der Waals surface area (Å²) in [5.41, 5.74) is 0.126. The number of methoxy groups -OCH3 is 1. The van der Waals surface area contributed by atoms with Gasteiger partial charge in [0.25, 0.3) is 0 Å². The first-order valence-electron chi connectivity index (χ1n) is 13.1. The van der Waals surface area contributed by atoms with Crippen molar-refractivity contribution < 1.29 is 63.8 Å². The standard InChI is InChI=1S/C28H32O14/c1-11-21(32)23(34)25(36)27(38-11)42-26-24(35)22(33)19(10-29)41-28(26)39-13-5-3-12(4-6-13)17-9-16(31)20-15(30)7-14(37-2)8-18(20)40-17/h3-9,11,19,21-30,32-36H,10H2,1-2H3. The summed E-state index contributed by atoms with van der Waals surface area (Å²) < 4.78 is 33.7. The first kappa shape index (κ1) is 30.2. The molecule has 3 aromatic rings. The molecular weight excluding hydrogens is 560 g/mol. The van der Waals surface area contributed by atoms with Gasteiger partial charge in [0.15, 0.2) is 17.8 Å². The van der Waals surface area contributed by atoms with Crippen LogP contribution in [-0.4, -0.2) is 111 Å². The maximum absolute atomic E-state index is 12.7. The van der Waals surface area contributed by atoms with Gasteiger partial charge < -0.3 is 63.8 Å². The molecule has 10 atom stereocenters. The highest BCUT2D eigenvalue weighted by atomic mass is 16.8. The quantitative estimate of drug-likeness (QED) is 0.179. The highest BCUT2D eigenvalue weighted by Gasteiger charge is 2.50. The third-order valence-corrected chi connectivity index (χ3v) is 7.33. The van der Waals surface area contributed by atoms with Crippen LogP contribution >= 0.6 is 0 Å². The van der Waals surface area contributed by atoms with Gasteiger partial charge in [-0.25, -0.2) is 0 Å². The minimum Gasteiger partial charge on any atom is -0.507 e. The molecule has 3 heterocycles. The number of benzene rings is 2. The van der Waals surface area contributed by atoms with Gasteiger partial charge in [0.1, 0.15) is 70.6 Å². The summed E-state index contributed by atoms with van der Waals surface area (Å²) in [6.45, 7) is 0.794. The minimum atomic E-state index is -1.70. The van der Waals surface area contributed by atoms with E-state index in [9.17, 15) is 40.5 Å². The van der Waals surface area contributed by atoms with Crippen molar-refractivity contribution in [2.24, 2.45) is 0 Å². The lowest BCUT2D eigenvalue weighted by Gasteiger charge is -2.45. The van der Waals surface area contributed by atoms with Crippen LogP contribution in [0.3, 0.4) is 0 Å². The molecule has 2 aromatic carbocycles. The largest absolute Gasteiger partial charge is 0.507 e. The predicted molar refractivity (Wildman–Crippen MR) is 142 cm³/mol. The zero-order chi connectivity index (χ0) is 30.3. The van der Waals surface area contributed by atoms with Crippen LogP contribution in [0.25, 0.3) is 22.3 Å². The molecule has 0 saturated carbocycles. The molecule has 0 bridgehead atoms. The average molecular weight is 593 g/mol. The second-order valence-corrected chi connectivity index (χ2v) is 10.1. The van der Waals surface area contributed by atoms with Gasteiger partial charge >= 0.3 is 0 Å². The van der Waals surface area contributed by atoms with Crippen LogP contribution in [0.5, 0.6) is 17.2 Å². The fourth-order valence-corrected chi connectivity index (χ4v) is 4.91. The first-order valence-corrected chi connectivity index (χ1v) is 13.1. The molecule has 2 saturated heterocycles. The van der Waals surface area contributed by atoms with Gasteiger partial charge in [0, 0.05) is 23.8 Å². The fourth-order valence-electron chi connectivity index (χ4n) is 4.91. The second kappa shape index (κ2) is 12.1. The van der Waals surface area contributed by atoms with Crippen molar-refractivity contribution in [2.45, 2.75) is 68.3 Å². The molecule has 7 N–H and O–H groups in total. The molecule has 14 nitrogen and oxygen atoms in total. The zero-order valence-corrected chi connectivity index (χ0v) is 22.5. The van der Waals surface area contributed by atoms with E-state index in [1.165, 1.54) is 44.4 Å². The van der Waals surface area contributed by atoms with Crippen LogP contribution in [0.15, 0.2) is 51.7 Å². The Balaban J connectivity index is 1.39. The lowest BCUT2D eigenvalue weighted by Crippen LogP contribution is -2.64. The van der Waals surface area contributed by atoms with Crippen LogP contribution < -0.4 is 14.9 Å². The minimum absolute atomic E-state index is 0.00246. The number of aliphatic hydroxyl groups is 6. The van der Waals surface area contributed by atoms with Crippen LogP contribution in [-0.2, 0) is 14.2 Å². The summed E-state index contributed by atoms with van der Waals surface area (Å²) in [6.07, 6.45) is -14.6. The number of fused-ring (bicyclic) bond motifs is 1. The van der Waals surface area contributed by atoms with Crippen molar-refractivity contribution >= 4 is 11.0 Å². The molecule has 0 aliphatic carbocycles. The van der Waals surface area contributed by atoms with Crippen molar-refractivity contribution in [1.82, 2.24) is 0 Å². The molecule has 42 heavy (non-hydrogen) atoms. The molecular formula is C28H32O14. The van der Waals surface area contributed by atoms with Crippen LogP contribution in [0.4, 0.5) is 0 Å². The van der Waals surface area contributed by atoms with Gasteiger partial charge in [0.05, 0.1) is 19.8 Å². The molecule has 2 fully saturated rings. The van der Waals surface area contributed by atoms with Gasteiger partial charge in [-0.1, -0.05) is 0 Å². The van der Waals surface area contributed by atoms with E-state index in [2.05, 4.69) is 0 Å². The Kier molecular flexibility index (Phi) is 8.71. The van der Waals surface area contributed by atoms with Gasteiger partial charge in [-0.05, 0) is 31.2 Å². The van der Waals surface area contributed by atoms with E-state index in [4.69, 9.17) is 28.1 Å². The molecule has 0 amide bonds. The van der Waals surface area contributed by atoms with E-state index in [1.807, 2.05) is 0 Å². The molecule has 1 aromatic heterocycles. The number of phenols is 1. The summed E-state index contributed by atoms with van der Waals surface area (Å²) in [7, 11) is 1.41. The van der Waals surface area contributed by atoms with E-state index in [1.54, 1.807) is 12.1 Å². The van der Waals surface area contributed by atoms with E-state index in [0.29, 0.717) is 11.3 Å². The van der Waals surface area contributed by atoms with Crippen molar-refractivity contribution in [3.8, 4) is 28.6 Å². The van der Waals surface area contributed by atoms with Crippen molar-refractivity contribution in [1.29, 1.82) is 0 Å². The highest BCUT2D eigenvalue weighted by Crippen LogP contribution is 2.33. The predicted octanol–water partition coefficient (Wildman–Crippen LogP) is -0.795. The number of aromatic hydroxyl groups is 1. The summed E-state index contributed by atoms with van der Waals surface area (Å²) in [5, 5.41) is 71.5. The normalized spacial score (nSPS) is 33.4.